The second-order valence-corrected chi connectivity index (χ2v) is 13.2. The minimum Gasteiger partial charge on any atom is -0.313 e. The van der Waals surface area contributed by atoms with E-state index in [1.807, 2.05) is 11.3 Å². The molecule has 45 heavy (non-hydrogen) atoms. The molecular formula is C42H28N2S. The number of rotatable bonds is 3. The SMILES string of the molecule is C1=Cc2c(n(-c3cc(-c4ccc5sc6ccccc6c5c4)cc(-n4c5ccccc5c5ccccc54)c3)c3ccccc23)CC1. The van der Waals surface area contributed by atoms with Crippen LogP contribution in [0, 0.1) is 0 Å². The number of nitrogens with zero attached hydrogens (tertiary/aromatic N) is 2. The smallest absolute Gasteiger partial charge is 0.0541 e. The molecule has 0 saturated heterocycles. The molecule has 10 rings (SSSR count). The first kappa shape index (κ1) is 25.0. The molecule has 6 aromatic carbocycles. The minimum absolute atomic E-state index is 1.03. The molecule has 1 aliphatic carbocycles. The molecule has 0 aliphatic heterocycles. The fraction of sp³-hybridized carbons (Fsp3) is 0.0476. The Morgan fingerprint density at radius 3 is 1.82 bits per heavy atom. The third kappa shape index (κ3) is 3.68. The monoisotopic (exact) mass is 592 g/mol. The highest BCUT2D eigenvalue weighted by atomic mass is 32.1. The average molecular weight is 593 g/mol. The van der Waals surface area contributed by atoms with E-state index in [0.717, 1.165) is 12.8 Å². The predicted octanol–water partition coefficient (Wildman–Crippen LogP) is 11.7. The van der Waals surface area contributed by atoms with Crippen LogP contribution in [0.4, 0.5) is 0 Å². The second kappa shape index (κ2) is 9.56. The summed E-state index contributed by atoms with van der Waals surface area (Å²) in [5.41, 5.74) is 11.3. The van der Waals surface area contributed by atoms with Crippen molar-refractivity contribution >= 4 is 70.3 Å². The number of allylic oxidation sites excluding steroid dienone is 1. The van der Waals surface area contributed by atoms with E-state index in [4.69, 9.17) is 0 Å². The molecular weight excluding hydrogens is 565 g/mol. The molecule has 1 aliphatic rings. The zero-order chi connectivity index (χ0) is 29.5. The van der Waals surface area contributed by atoms with Crippen molar-refractivity contribution < 1.29 is 0 Å². The number of hydrogen-bond acceptors (Lipinski definition) is 1. The molecule has 0 unspecified atom stereocenters. The molecule has 0 atom stereocenters. The first-order valence-electron chi connectivity index (χ1n) is 15.7. The third-order valence-corrected chi connectivity index (χ3v) is 10.7. The van der Waals surface area contributed by atoms with Gasteiger partial charge in [0.1, 0.15) is 0 Å². The van der Waals surface area contributed by atoms with E-state index in [0.29, 0.717) is 0 Å². The Kier molecular flexibility index (Phi) is 5.31. The molecule has 3 heterocycles. The van der Waals surface area contributed by atoms with Crippen molar-refractivity contribution in [1.82, 2.24) is 9.13 Å². The van der Waals surface area contributed by atoms with Gasteiger partial charge in [0.25, 0.3) is 0 Å². The largest absolute Gasteiger partial charge is 0.313 e. The maximum absolute atomic E-state index is 2.52. The Labute approximate surface area is 264 Å². The van der Waals surface area contributed by atoms with Gasteiger partial charge in [0.15, 0.2) is 0 Å². The van der Waals surface area contributed by atoms with Gasteiger partial charge in [-0.25, -0.2) is 0 Å². The lowest BCUT2D eigenvalue weighted by molar-refractivity contribution is 0.888. The van der Waals surface area contributed by atoms with Crippen LogP contribution in [0.15, 0.2) is 140 Å². The van der Waals surface area contributed by atoms with Gasteiger partial charge in [-0.05, 0) is 78.6 Å². The van der Waals surface area contributed by atoms with Crippen LogP contribution >= 0.6 is 11.3 Å². The summed E-state index contributed by atoms with van der Waals surface area (Å²) in [6.45, 7) is 0. The number of aromatic nitrogens is 2. The fourth-order valence-corrected chi connectivity index (χ4v) is 8.68. The average Bonchev–Trinajstić information content (AvgIpc) is 3.75. The van der Waals surface area contributed by atoms with Crippen molar-refractivity contribution in [2.45, 2.75) is 12.8 Å². The van der Waals surface area contributed by atoms with Crippen LogP contribution in [0.3, 0.4) is 0 Å². The summed E-state index contributed by atoms with van der Waals surface area (Å²) in [4.78, 5) is 0. The van der Waals surface area contributed by atoms with Gasteiger partial charge < -0.3 is 9.13 Å². The van der Waals surface area contributed by atoms with Gasteiger partial charge >= 0.3 is 0 Å². The van der Waals surface area contributed by atoms with E-state index in [2.05, 4.69) is 155 Å². The molecule has 0 N–H and O–H groups in total. The number of hydrogen-bond donors (Lipinski definition) is 0. The van der Waals surface area contributed by atoms with E-state index < -0.39 is 0 Å². The fourth-order valence-electron chi connectivity index (χ4n) is 7.59. The van der Waals surface area contributed by atoms with Crippen molar-refractivity contribution in [2.75, 3.05) is 0 Å². The van der Waals surface area contributed by atoms with Crippen LogP contribution < -0.4 is 0 Å². The van der Waals surface area contributed by atoms with Gasteiger partial charge in [0.05, 0.1) is 16.6 Å². The Morgan fingerprint density at radius 1 is 0.467 bits per heavy atom. The van der Waals surface area contributed by atoms with Crippen molar-refractivity contribution in [3.05, 3.63) is 151 Å². The Hall–Kier alpha value is -5.38. The van der Waals surface area contributed by atoms with E-state index in [1.54, 1.807) is 0 Å². The molecule has 0 bridgehead atoms. The van der Waals surface area contributed by atoms with E-state index in [1.165, 1.54) is 86.6 Å². The molecule has 212 valence electrons. The van der Waals surface area contributed by atoms with Gasteiger partial charge in [-0.15, -0.1) is 11.3 Å². The van der Waals surface area contributed by atoms with E-state index in [-0.39, 0.29) is 0 Å². The number of benzene rings is 6. The highest BCUT2D eigenvalue weighted by Crippen LogP contribution is 2.40. The van der Waals surface area contributed by atoms with E-state index in [9.17, 15) is 0 Å². The topological polar surface area (TPSA) is 9.86 Å². The highest BCUT2D eigenvalue weighted by Gasteiger charge is 2.21. The van der Waals surface area contributed by atoms with Crippen LogP contribution in [0.5, 0.6) is 0 Å². The molecule has 3 aromatic heterocycles. The van der Waals surface area contributed by atoms with E-state index >= 15 is 0 Å². The minimum atomic E-state index is 1.03. The molecule has 0 saturated carbocycles. The maximum Gasteiger partial charge on any atom is 0.0541 e. The molecule has 2 nitrogen and oxygen atoms in total. The van der Waals surface area contributed by atoms with Gasteiger partial charge in [-0.3, -0.25) is 0 Å². The van der Waals surface area contributed by atoms with Crippen molar-refractivity contribution in [3.8, 4) is 22.5 Å². The summed E-state index contributed by atoms with van der Waals surface area (Å²) >= 11 is 1.87. The molecule has 9 aromatic rings. The van der Waals surface area contributed by atoms with Crippen molar-refractivity contribution in [3.63, 3.8) is 0 Å². The highest BCUT2D eigenvalue weighted by molar-refractivity contribution is 7.25. The van der Waals surface area contributed by atoms with Gasteiger partial charge in [0, 0.05) is 59.0 Å². The summed E-state index contributed by atoms with van der Waals surface area (Å²) < 4.78 is 7.64. The lowest BCUT2D eigenvalue weighted by Crippen LogP contribution is -2.05. The third-order valence-electron chi connectivity index (χ3n) is 9.56. The normalized spacial score (nSPS) is 13.1. The maximum atomic E-state index is 2.52. The molecule has 3 heteroatoms. The second-order valence-electron chi connectivity index (χ2n) is 12.1. The Balaban J connectivity index is 1.31. The molecule has 0 fully saturated rings. The van der Waals surface area contributed by atoms with Crippen LogP contribution in [0.2, 0.25) is 0 Å². The zero-order valence-electron chi connectivity index (χ0n) is 24.6. The van der Waals surface area contributed by atoms with Gasteiger partial charge in [-0.2, -0.15) is 0 Å². The Morgan fingerprint density at radius 2 is 1.07 bits per heavy atom. The van der Waals surface area contributed by atoms with Crippen molar-refractivity contribution in [2.24, 2.45) is 0 Å². The Bertz CT molecular complexity index is 2610. The lowest BCUT2D eigenvalue weighted by Gasteiger charge is -2.18. The number of thiophene rings is 1. The summed E-state index contributed by atoms with van der Waals surface area (Å²) in [6, 6.07) is 49.4. The van der Waals surface area contributed by atoms with Gasteiger partial charge in [0.2, 0.25) is 0 Å². The number of para-hydroxylation sites is 3. The predicted molar refractivity (Wildman–Crippen MR) is 193 cm³/mol. The summed E-state index contributed by atoms with van der Waals surface area (Å²) in [5.74, 6) is 0. The lowest BCUT2D eigenvalue weighted by atomic mass is 10.0. The molecule has 0 spiro atoms. The van der Waals surface area contributed by atoms with Crippen molar-refractivity contribution in [1.29, 1.82) is 0 Å². The molecule has 0 radical (unpaired) electrons. The van der Waals surface area contributed by atoms with Crippen LogP contribution in [-0.2, 0) is 6.42 Å². The summed E-state index contributed by atoms with van der Waals surface area (Å²) in [5, 5.41) is 6.53. The summed E-state index contributed by atoms with van der Waals surface area (Å²) in [6.07, 6.45) is 6.73. The van der Waals surface area contributed by atoms with Crippen LogP contribution in [0.1, 0.15) is 17.7 Å². The first-order chi connectivity index (χ1) is 22.3. The molecule has 0 amide bonds. The number of fused-ring (bicyclic) bond motifs is 9. The van der Waals surface area contributed by atoms with Crippen LogP contribution in [0.25, 0.3) is 81.5 Å². The first-order valence-corrected chi connectivity index (χ1v) is 16.5. The summed E-state index contributed by atoms with van der Waals surface area (Å²) in [7, 11) is 0. The quantitative estimate of drug-likeness (QED) is 0.193. The standard InChI is InChI=1S/C42H28N2S/c1-6-16-37-31(11-1)32-12-2-7-17-38(32)43(37)29-23-28(27-21-22-42-36(25-27)35-15-5-10-20-41(35)45-42)24-30(26-29)44-39-18-8-3-13-33(39)34-14-4-9-19-40(34)44/h1-8,10-18,20-26H,9,19H2. The van der Waals surface area contributed by atoms with Gasteiger partial charge in [-0.1, -0.05) is 91.0 Å². The van der Waals surface area contributed by atoms with Crippen LogP contribution in [-0.4, -0.2) is 9.13 Å². The zero-order valence-corrected chi connectivity index (χ0v) is 25.4.